The van der Waals surface area contributed by atoms with Crippen molar-refractivity contribution in [3.63, 3.8) is 0 Å². The van der Waals surface area contributed by atoms with Gasteiger partial charge in [0.1, 0.15) is 0 Å². The lowest BCUT2D eigenvalue weighted by Crippen LogP contribution is -2.48. The standard InChI is InChI=1S/C17H36N2/c1-6-9-15(4)18-12-16(5)19(13-14(2)3)17-10-7-8-11-17/h14-18H,6-13H2,1-5H3. The summed E-state index contributed by atoms with van der Waals surface area (Å²) in [4.78, 5) is 2.78. The largest absolute Gasteiger partial charge is 0.313 e. The fraction of sp³-hybridized carbons (Fsp3) is 1.00. The van der Waals surface area contributed by atoms with Crippen LogP contribution in [0.2, 0.25) is 0 Å². The van der Waals surface area contributed by atoms with E-state index in [-0.39, 0.29) is 0 Å². The van der Waals surface area contributed by atoms with Crippen LogP contribution in [-0.4, -0.2) is 36.1 Å². The molecule has 0 saturated heterocycles. The van der Waals surface area contributed by atoms with Crippen molar-refractivity contribution in [3.8, 4) is 0 Å². The van der Waals surface area contributed by atoms with Gasteiger partial charge in [0.05, 0.1) is 0 Å². The summed E-state index contributed by atoms with van der Waals surface area (Å²) in [7, 11) is 0. The van der Waals surface area contributed by atoms with Crippen LogP contribution in [0.3, 0.4) is 0 Å². The molecule has 1 aliphatic rings. The Balaban J connectivity index is 2.43. The van der Waals surface area contributed by atoms with Gasteiger partial charge in [-0.1, -0.05) is 40.0 Å². The molecule has 0 aliphatic heterocycles. The number of nitrogens with zero attached hydrogens (tertiary/aromatic N) is 1. The topological polar surface area (TPSA) is 15.3 Å². The Morgan fingerprint density at radius 1 is 1.11 bits per heavy atom. The summed E-state index contributed by atoms with van der Waals surface area (Å²) in [6, 6.07) is 2.18. The monoisotopic (exact) mass is 268 g/mol. The van der Waals surface area contributed by atoms with E-state index in [1.807, 2.05) is 0 Å². The van der Waals surface area contributed by atoms with Crippen molar-refractivity contribution in [2.45, 2.75) is 91.3 Å². The number of hydrogen-bond acceptors (Lipinski definition) is 2. The molecule has 2 atom stereocenters. The van der Waals surface area contributed by atoms with Gasteiger partial charge in [0, 0.05) is 31.2 Å². The normalized spacial score (nSPS) is 20.4. The predicted octanol–water partition coefficient (Wildman–Crippen LogP) is 4.05. The fourth-order valence-electron chi connectivity index (χ4n) is 3.37. The molecule has 0 spiro atoms. The Bertz CT molecular complexity index is 221. The van der Waals surface area contributed by atoms with Crippen LogP contribution in [0.4, 0.5) is 0 Å². The van der Waals surface area contributed by atoms with Crippen molar-refractivity contribution in [3.05, 3.63) is 0 Å². The van der Waals surface area contributed by atoms with Crippen molar-refractivity contribution in [1.82, 2.24) is 10.2 Å². The molecule has 0 aromatic heterocycles. The molecule has 2 heteroatoms. The summed E-state index contributed by atoms with van der Waals surface area (Å²) >= 11 is 0. The van der Waals surface area contributed by atoms with Gasteiger partial charge in [-0.3, -0.25) is 4.90 Å². The number of hydrogen-bond donors (Lipinski definition) is 1. The van der Waals surface area contributed by atoms with E-state index in [2.05, 4.69) is 44.8 Å². The molecule has 0 aromatic carbocycles. The first-order chi connectivity index (χ1) is 9.04. The number of nitrogens with one attached hydrogen (secondary N) is 1. The van der Waals surface area contributed by atoms with Gasteiger partial charge in [0.15, 0.2) is 0 Å². The summed E-state index contributed by atoms with van der Waals surface area (Å²) in [5, 5.41) is 3.72. The second-order valence-corrected chi connectivity index (χ2v) is 6.98. The zero-order valence-corrected chi connectivity index (χ0v) is 13.9. The van der Waals surface area contributed by atoms with Crippen LogP contribution in [0.25, 0.3) is 0 Å². The molecule has 0 aromatic rings. The van der Waals surface area contributed by atoms with E-state index in [0.29, 0.717) is 12.1 Å². The third-order valence-corrected chi connectivity index (χ3v) is 4.42. The van der Waals surface area contributed by atoms with E-state index in [1.165, 1.54) is 45.1 Å². The lowest BCUT2D eigenvalue weighted by atomic mass is 10.1. The molecule has 19 heavy (non-hydrogen) atoms. The first-order valence-electron chi connectivity index (χ1n) is 8.53. The highest BCUT2D eigenvalue weighted by Gasteiger charge is 2.26. The number of rotatable bonds is 9. The third-order valence-electron chi connectivity index (χ3n) is 4.42. The Morgan fingerprint density at radius 2 is 1.74 bits per heavy atom. The van der Waals surface area contributed by atoms with E-state index < -0.39 is 0 Å². The van der Waals surface area contributed by atoms with Crippen molar-refractivity contribution in [2.24, 2.45) is 5.92 Å². The predicted molar refractivity (Wildman–Crippen MR) is 85.6 cm³/mol. The second-order valence-electron chi connectivity index (χ2n) is 6.98. The van der Waals surface area contributed by atoms with Gasteiger partial charge >= 0.3 is 0 Å². The van der Waals surface area contributed by atoms with E-state index in [0.717, 1.165) is 18.5 Å². The van der Waals surface area contributed by atoms with Crippen LogP contribution in [0, 0.1) is 5.92 Å². The highest BCUT2D eigenvalue weighted by Crippen LogP contribution is 2.25. The average molecular weight is 268 g/mol. The van der Waals surface area contributed by atoms with Gasteiger partial charge in [-0.05, 0) is 39.0 Å². The minimum Gasteiger partial charge on any atom is -0.313 e. The molecule has 1 N–H and O–H groups in total. The van der Waals surface area contributed by atoms with Crippen LogP contribution in [0.5, 0.6) is 0 Å². The first-order valence-corrected chi connectivity index (χ1v) is 8.53. The molecule has 1 saturated carbocycles. The maximum atomic E-state index is 3.72. The summed E-state index contributed by atoms with van der Waals surface area (Å²) in [6.07, 6.45) is 8.28. The van der Waals surface area contributed by atoms with E-state index >= 15 is 0 Å². The second kappa shape index (κ2) is 8.97. The van der Waals surface area contributed by atoms with E-state index in [4.69, 9.17) is 0 Å². The van der Waals surface area contributed by atoms with Gasteiger partial charge in [-0.15, -0.1) is 0 Å². The van der Waals surface area contributed by atoms with Crippen LogP contribution in [-0.2, 0) is 0 Å². The van der Waals surface area contributed by atoms with Crippen molar-refractivity contribution < 1.29 is 0 Å². The van der Waals surface area contributed by atoms with Gasteiger partial charge in [0.2, 0.25) is 0 Å². The summed E-state index contributed by atoms with van der Waals surface area (Å²) in [6.45, 7) is 14.1. The van der Waals surface area contributed by atoms with Crippen molar-refractivity contribution in [1.29, 1.82) is 0 Å². The molecule has 0 heterocycles. The SMILES string of the molecule is CCCC(C)NCC(C)N(CC(C)C)C1CCCC1. The molecular formula is C17H36N2. The summed E-state index contributed by atoms with van der Waals surface area (Å²) < 4.78 is 0. The minimum absolute atomic E-state index is 0.664. The Morgan fingerprint density at radius 3 is 2.26 bits per heavy atom. The maximum absolute atomic E-state index is 3.72. The van der Waals surface area contributed by atoms with Crippen molar-refractivity contribution in [2.75, 3.05) is 13.1 Å². The zero-order chi connectivity index (χ0) is 14.3. The minimum atomic E-state index is 0.664. The molecule has 1 rings (SSSR count). The molecule has 0 radical (unpaired) electrons. The third kappa shape index (κ3) is 6.27. The lowest BCUT2D eigenvalue weighted by Gasteiger charge is -2.36. The van der Waals surface area contributed by atoms with Gasteiger partial charge in [-0.2, -0.15) is 0 Å². The Hall–Kier alpha value is -0.0800. The highest BCUT2D eigenvalue weighted by atomic mass is 15.2. The highest BCUT2D eigenvalue weighted by molar-refractivity contribution is 4.83. The first kappa shape index (κ1) is 17.0. The quantitative estimate of drug-likeness (QED) is 0.678. The molecule has 2 nitrogen and oxygen atoms in total. The molecule has 114 valence electrons. The maximum Gasteiger partial charge on any atom is 0.0195 e. The fourth-order valence-corrected chi connectivity index (χ4v) is 3.37. The van der Waals surface area contributed by atoms with Crippen LogP contribution in [0.1, 0.15) is 73.1 Å². The van der Waals surface area contributed by atoms with Crippen LogP contribution < -0.4 is 5.32 Å². The Labute approximate surface area is 121 Å². The van der Waals surface area contributed by atoms with E-state index in [9.17, 15) is 0 Å². The van der Waals surface area contributed by atoms with Crippen LogP contribution in [0.15, 0.2) is 0 Å². The van der Waals surface area contributed by atoms with Crippen LogP contribution >= 0.6 is 0 Å². The van der Waals surface area contributed by atoms with Crippen molar-refractivity contribution >= 4 is 0 Å². The lowest BCUT2D eigenvalue weighted by molar-refractivity contribution is 0.124. The summed E-state index contributed by atoms with van der Waals surface area (Å²) in [5.74, 6) is 0.774. The van der Waals surface area contributed by atoms with Gasteiger partial charge in [0.25, 0.3) is 0 Å². The summed E-state index contributed by atoms with van der Waals surface area (Å²) in [5.41, 5.74) is 0. The Kier molecular flexibility index (Phi) is 8.01. The molecule has 0 bridgehead atoms. The van der Waals surface area contributed by atoms with Gasteiger partial charge in [-0.25, -0.2) is 0 Å². The average Bonchev–Trinajstić information content (AvgIpc) is 2.86. The van der Waals surface area contributed by atoms with E-state index in [1.54, 1.807) is 0 Å². The molecule has 0 amide bonds. The molecule has 1 aliphatic carbocycles. The van der Waals surface area contributed by atoms with Gasteiger partial charge < -0.3 is 5.32 Å². The smallest absolute Gasteiger partial charge is 0.0195 e. The zero-order valence-electron chi connectivity index (χ0n) is 13.9. The molecule has 2 unspecified atom stereocenters. The molecule has 1 fully saturated rings. The molecular weight excluding hydrogens is 232 g/mol.